The first-order valence-electron chi connectivity index (χ1n) is 9.11. The number of anilines is 1. The average Bonchev–Trinajstić information content (AvgIpc) is 2.54. The minimum Gasteiger partial charge on any atom is -0.460 e. The third-order valence-electron chi connectivity index (χ3n) is 4.13. The van der Waals surface area contributed by atoms with E-state index in [2.05, 4.69) is 15.0 Å². The highest BCUT2D eigenvalue weighted by atomic mass is 127. The molecule has 0 amide bonds. The minimum atomic E-state index is -4.80. The molecule has 1 saturated carbocycles. The summed E-state index contributed by atoms with van der Waals surface area (Å²) in [6, 6.07) is 5.49. The number of guanidine groups is 1. The van der Waals surface area contributed by atoms with E-state index in [9.17, 15) is 18.0 Å². The van der Waals surface area contributed by atoms with Crippen LogP contribution < -0.4 is 15.8 Å². The van der Waals surface area contributed by atoms with Crippen LogP contribution in [-0.2, 0) is 9.53 Å². The van der Waals surface area contributed by atoms with Crippen molar-refractivity contribution in [2.24, 2.45) is 16.6 Å². The maximum atomic E-state index is 12.5. The molecule has 10 heteroatoms. The van der Waals surface area contributed by atoms with Gasteiger partial charge in [-0.2, -0.15) is 0 Å². The van der Waals surface area contributed by atoms with Crippen LogP contribution in [0.5, 0.6) is 5.75 Å². The van der Waals surface area contributed by atoms with Crippen molar-refractivity contribution in [3.05, 3.63) is 24.3 Å². The van der Waals surface area contributed by atoms with Gasteiger partial charge < -0.3 is 20.5 Å². The Kier molecular flexibility index (Phi) is 9.04. The normalized spacial score (nSPS) is 20.4. The van der Waals surface area contributed by atoms with Crippen LogP contribution in [-0.4, -0.2) is 29.9 Å². The number of benzene rings is 1. The van der Waals surface area contributed by atoms with Gasteiger partial charge in [0.25, 0.3) is 0 Å². The molecule has 0 aromatic heterocycles. The number of halogens is 4. The van der Waals surface area contributed by atoms with Gasteiger partial charge in [0.15, 0.2) is 11.7 Å². The molecule has 0 saturated heterocycles. The minimum absolute atomic E-state index is 0. The number of nitrogens with two attached hydrogens (primary N) is 1. The third-order valence-corrected chi connectivity index (χ3v) is 4.13. The van der Waals surface area contributed by atoms with E-state index in [-0.39, 0.29) is 59.3 Å². The molecular formula is C19H27F3IN3O3. The molecule has 3 N–H and O–H groups in total. The molecule has 0 bridgehead atoms. The van der Waals surface area contributed by atoms with Crippen LogP contribution >= 0.6 is 24.0 Å². The first-order valence-corrected chi connectivity index (χ1v) is 9.11. The Morgan fingerprint density at radius 2 is 1.72 bits per heavy atom. The summed E-state index contributed by atoms with van der Waals surface area (Å²) in [5, 5.41) is 2.66. The summed E-state index contributed by atoms with van der Waals surface area (Å²) in [5.41, 5.74) is 5.41. The van der Waals surface area contributed by atoms with Crippen molar-refractivity contribution in [3.8, 4) is 5.75 Å². The number of nitrogens with zero attached hydrogens (tertiary/aromatic N) is 1. The first kappa shape index (κ1) is 25.3. The highest BCUT2D eigenvalue weighted by Gasteiger charge is 2.32. The molecule has 1 aromatic rings. The van der Waals surface area contributed by atoms with Crippen LogP contribution in [0.3, 0.4) is 0 Å². The van der Waals surface area contributed by atoms with Gasteiger partial charge in [-0.25, -0.2) is 4.99 Å². The topological polar surface area (TPSA) is 85.9 Å². The van der Waals surface area contributed by atoms with Gasteiger partial charge in [0, 0.05) is 0 Å². The van der Waals surface area contributed by atoms with E-state index < -0.39 is 12.0 Å². The second-order valence-electron chi connectivity index (χ2n) is 7.72. The fourth-order valence-corrected chi connectivity index (χ4v) is 2.98. The number of aliphatic imine (C=N–C) groups is 1. The summed E-state index contributed by atoms with van der Waals surface area (Å²) in [7, 11) is 0. The van der Waals surface area contributed by atoms with Crippen molar-refractivity contribution in [3.63, 3.8) is 0 Å². The molecule has 6 nitrogen and oxygen atoms in total. The zero-order chi connectivity index (χ0) is 20.9. The van der Waals surface area contributed by atoms with Gasteiger partial charge in [0.1, 0.15) is 5.60 Å². The Hall–Kier alpha value is -1.72. The van der Waals surface area contributed by atoms with Crippen molar-refractivity contribution in [1.82, 2.24) is 0 Å². The van der Waals surface area contributed by atoms with Gasteiger partial charge in [0.05, 0.1) is 17.6 Å². The molecule has 0 spiro atoms. The summed E-state index contributed by atoms with van der Waals surface area (Å²) in [5.74, 6) is -0.763. The van der Waals surface area contributed by atoms with E-state index >= 15 is 0 Å². The van der Waals surface area contributed by atoms with E-state index in [0.29, 0.717) is 25.7 Å². The van der Waals surface area contributed by atoms with Gasteiger partial charge in [0.2, 0.25) is 0 Å². The predicted molar refractivity (Wildman–Crippen MR) is 115 cm³/mol. The van der Waals surface area contributed by atoms with Gasteiger partial charge in [-0.3, -0.25) is 4.79 Å². The van der Waals surface area contributed by atoms with Crippen LogP contribution in [0.1, 0.15) is 46.5 Å². The van der Waals surface area contributed by atoms with E-state index in [4.69, 9.17) is 10.5 Å². The molecule has 0 atom stereocenters. The lowest BCUT2D eigenvalue weighted by Gasteiger charge is -2.28. The number of carbonyl (C=O) groups excluding carboxylic acids is 1. The van der Waals surface area contributed by atoms with E-state index in [0.717, 1.165) is 0 Å². The number of rotatable bonds is 4. The number of nitrogens with one attached hydrogen (secondary N) is 1. The predicted octanol–water partition coefficient (Wildman–Crippen LogP) is 4.83. The summed E-state index contributed by atoms with van der Waals surface area (Å²) in [4.78, 5) is 16.5. The Balaban J connectivity index is 0.00000420. The molecule has 1 aliphatic carbocycles. The number of ether oxygens (including phenoxy) is 2. The molecule has 29 heavy (non-hydrogen) atoms. The molecule has 1 fully saturated rings. The van der Waals surface area contributed by atoms with Crippen molar-refractivity contribution < 1.29 is 27.4 Å². The van der Waals surface area contributed by atoms with E-state index in [1.165, 1.54) is 18.2 Å². The van der Waals surface area contributed by atoms with Crippen LogP contribution in [0, 0.1) is 5.92 Å². The number of alkyl halides is 3. The maximum absolute atomic E-state index is 12.5. The smallest absolute Gasteiger partial charge is 0.460 e. The monoisotopic (exact) mass is 529 g/mol. The molecule has 164 valence electrons. The summed E-state index contributed by atoms with van der Waals surface area (Å²) in [6.45, 7) is 5.48. The first-order chi connectivity index (χ1) is 12.9. The van der Waals surface area contributed by atoms with E-state index in [1.807, 2.05) is 20.8 Å². The van der Waals surface area contributed by atoms with Crippen molar-refractivity contribution >= 4 is 41.6 Å². The maximum Gasteiger partial charge on any atom is 0.573 e. The fourth-order valence-electron chi connectivity index (χ4n) is 2.98. The summed E-state index contributed by atoms with van der Waals surface area (Å²) in [6.07, 6.45) is -2.25. The molecule has 2 rings (SSSR count). The van der Waals surface area contributed by atoms with Crippen LogP contribution in [0.15, 0.2) is 29.3 Å². The summed E-state index contributed by atoms with van der Waals surface area (Å²) < 4.78 is 46.8. The Morgan fingerprint density at radius 3 is 2.28 bits per heavy atom. The largest absolute Gasteiger partial charge is 0.573 e. The number of hydrogen-bond acceptors (Lipinski definition) is 4. The molecule has 1 aliphatic rings. The number of hydrogen-bond donors (Lipinski definition) is 2. The highest BCUT2D eigenvalue weighted by Crippen LogP contribution is 2.31. The van der Waals surface area contributed by atoms with Crippen molar-refractivity contribution in [1.29, 1.82) is 0 Å². The SMILES string of the molecule is CC(C)(C)OC(=O)C1CCC(N=C(N)Nc2ccccc2OC(F)(F)F)CC1.I. The number of para-hydroxylation sites is 2. The van der Waals surface area contributed by atoms with E-state index in [1.54, 1.807) is 6.07 Å². The van der Waals surface area contributed by atoms with Gasteiger partial charge >= 0.3 is 12.3 Å². The Labute approximate surface area is 185 Å². The third kappa shape index (κ3) is 9.09. The van der Waals surface area contributed by atoms with Gasteiger partial charge in [-0.05, 0) is 58.6 Å². The zero-order valence-corrected chi connectivity index (χ0v) is 18.9. The Bertz CT molecular complexity index is 713. The summed E-state index contributed by atoms with van der Waals surface area (Å²) >= 11 is 0. The quantitative estimate of drug-likeness (QED) is 0.253. The lowest BCUT2D eigenvalue weighted by Crippen LogP contribution is -2.32. The molecule has 0 unspecified atom stereocenters. The zero-order valence-electron chi connectivity index (χ0n) is 16.6. The lowest BCUT2D eigenvalue weighted by atomic mass is 9.86. The van der Waals surface area contributed by atoms with Gasteiger partial charge in [-0.15, -0.1) is 37.1 Å². The standard InChI is InChI=1S/C19H26F3N3O3.HI/c1-18(2,3)28-16(26)12-8-10-13(11-9-12)24-17(23)25-14-6-4-5-7-15(14)27-19(20,21)22;/h4-7,12-13H,8-11H2,1-3H3,(H3,23,24,25);1H. The second kappa shape index (κ2) is 10.4. The fraction of sp³-hybridized carbons (Fsp3) is 0.579. The lowest BCUT2D eigenvalue weighted by molar-refractivity contribution is -0.274. The molecular weight excluding hydrogens is 502 g/mol. The second-order valence-corrected chi connectivity index (χ2v) is 7.72. The number of esters is 1. The number of carbonyl (C=O) groups is 1. The van der Waals surface area contributed by atoms with Crippen molar-refractivity contribution in [2.45, 2.75) is 64.5 Å². The van der Waals surface area contributed by atoms with Crippen LogP contribution in [0.25, 0.3) is 0 Å². The average molecular weight is 529 g/mol. The van der Waals surface area contributed by atoms with Crippen LogP contribution in [0.2, 0.25) is 0 Å². The Morgan fingerprint density at radius 1 is 1.14 bits per heavy atom. The van der Waals surface area contributed by atoms with Gasteiger partial charge in [-0.1, -0.05) is 12.1 Å². The van der Waals surface area contributed by atoms with Crippen LogP contribution in [0.4, 0.5) is 18.9 Å². The highest BCUT2D eigenvalue weighted by molar-refractivity contribution is 14.0. The molecule has 0 heterocycles. The molecule has 0 aliphatic heterocycles. The molecule has 0 radical (unpaired) electrons. The molecule has 1 aromatic carbocycles. The van der Waals surface area contributed by atoms with Crippen molar-refractivity contribution in [2.75, 3.05) is 5.32 Å².